The second-order valence-corrected chi connectivity index (χ2v) is 7.33. The summed E-state index contributed by atoms with van der Waals surface area (Å²) in [6.45, 7) is 1.53. The van der Waals surface area contributed by atoms with Gasteiger partial charge in [0.25, 0.3) is 0 Å². The van der Waals surface area contributed by atoms with E-state index >= 15 is 0 Å². The summed E-state index contributed by atoms with van der Waals surface area (Å²) < 4.78 is 1.67. The van der Waals surface area contributed by atoms with Crippen LogP contribution in [0.15, 0.2) is 51.7 Å². The van der Waals surface area contributed by atoms with Crippen molar-refractivity contribution in [1.29, 1.82) is 0 Å². The van der Waals surface area contributed by atoms with Gasteiger partial charge in [-0.15, -0.1) is 11.3 Å². The first-order chi connectivity index (χ1) is 12.1. The number of thioether (sulfide) groups is 1. The first-order valence-corrected chi connectivity index (χ1v) is 9.75. The lowest BCUT2D eigenvalue weighted by Crippen LogP contribution is -2.60. The SMILES string of the molecule is CSc1n[n+]2c(c(=O)[nH]1)-c1ccccc1N(C(C)=O)C2c1cccs1. The number of rotatable bonds is 2. The molecule has 1 unspecified atom stereocenters. The van der Waals surface area contributed by atoms with Crippen LogP contribution in [0.1, 0.15) is 18.0 Å². The number of nitrogens with one attached hydrogen (secondary N) is 1. The van der Waals surface area contributed by atoms with E-state index in [2.05, 4.69) is 10.1 Å². The summed E-state index contributed by atoms with van der Waals surface area (Å²) in [6, 6.07) is 11.3. The molecule has 2 aromatic heterocycles. The maximum atomic E-state index is 12.8. The molecular formula is C17H15N4O2S2+. The Morgan fingerprint density at radius 3 is 2.80 bits per heavy atom. The molecule has 0 aliphatic carbocycles. The lowest BCUT2D eigenvalue weighted by molar-refractivity contribution is -0.762. The Labute approximate surface area is 152 Å². The summed E-state index contributed by atoms with van der Waals surface area (Å²) in [6.07, 6.45) is 1.38. The van der Waals surface area contributed by atoms with Crippen LogP contribution in [0.25, 0.3) is 11.3 Å². The lowest BCUT2D eigenvalue weighted by Gasteiger charge is -2.30. The average Bonchev–Trinajstić information content (AvgIpc) is 3.13. The molecule has 1 aromatic carbocycles. The molecule has 4 rings (SSSR count). The molecule has 1 N–H and O–H groups in total. The third-order valence-corrected chi connectivity index (χ3v) is 5.57. The monoisotopic (exact) mass is 371 g/mol. The predicted molar refractivity (Wildman–Crippen MR) is 97.9 cm³/mol. The molecule has 8 heteroatoms. The molecule has 1 aliphatic heterocycles. The number of para-hydroxylation sites is 1. The quantitative estimate of drug-likeness (QED) is 0.555. The number of thiophene rings is 1. The van der Waals surface area contributed by atoms with Crippen molar-refractivity contribution >= 4 is 34.7 Å². The molecule has 1 aliphatic rings. The highest BCUT2D eigenvalue weighted by Crippen LogP contribution is 2.38. The van der Waals surface area contributed by atoms with Crippen LogP contribution >= 0.6 is 23.1 Å². The Morgan fingerprint density at radius 2 is 2.12 bits per heavy atom. The molecule has 1 atom stereocenters. The number of hydrogen-bond acceptors (Lipinski definition) is 5. The van der Waals surface area contributed by atoms with Gasteiger partial charge in [-0.3, -0.25) is 14.6 Å². The molecule has 0 spiro atoms. The zero-order valence-corrected chi connectivity index (χ0v) is 15.2. The highest BCUT2D eigenvalue weighted by Gasteiger charge is 2.45. The van der Waals surface area contributed by atoms with Gasteiger partial charge in [-0.05, 0) is 34.5 Å². The maximum absolute atomic E-state index is 12.8. The fraction of sp³-hybridized carbons (Fsp3) is 0.176. The van der Waals surface area contributed by atoms with E-state index in [-0.39, 0.29) is 11.5 Å². The number of H-pyrrole nitrogens is 1. The van der Waals surface area contributed by atoms with Gasteiger partial charge in [-0.2, -0.15) is 0 Å². The van der Waals surface area contributed by atoms with Gasteiger partial charge < -0.3 is 0 Å². The van der Waals surface area contributed by atoms with Crippen LogP contribution in [-0.4, -0.2) is 22.2 Å². The van der Waals surface area contributed by atoms with Crippen molar-refractivity contribution in [2.75, 3.05) is 11.2 Å². The number of anilines is 1. The normalized spacial score (nSPS) is 15.6. The Bertz CT molecular complexity index is 1010. The van der Waals surface area contributed by atoms with Gasteiger partial charge in [0.1, 0.15) is 0 Å². The van der Waals surface area contributed by atoms with Gasteiger partial charge in [0.05, 0.1) is 16.1 Å². The van der Waals surface area contributed by atoms with Crippen molar-refractivity contribution in [2.24, 2.45) is 0 Å². The van der Waals surface area contributed by atoms with Crippen LogP contribution in [0.5, 0.6) is 0 Å². The fourth-order valence-corrected chi connectivity index (χ4v) is 4.26. The molecule has 25 heavy (non-hydrogen) atoms. The number of nitrogens with zero attached hydrogens (tertiary/aromatic N) is 3. The highest BCUT2D eigenvalue weighted by molar-refractivity contribution is 7.98. The topological polar surface area (TPSA) is 69.9 Å². The van der Waals surface area contributed by atoms with E-state index in [1.807, 2.05) is 48.0 Å². The molecular weight excluding hydrogens is 356 g/mol. The van der Waals surface area contributed by atoms with Crippen LogP contribution in [-0.2, 0) is 4.79 Å². The van der Waals surface area contributed by atoms with E-state index in [0.717, 1.165) is 10.6 Å². The minimum Gasteiger partial charge on any atom is -0.291 e. The number of aromatic nitrogens is 3. The molecule has 0 bridgehead atoms. The summed E-state index contributed by atoms with van der Waals surface area (Å²) in [7, 11) is 0. The van der Waals surface area contributed by atoms with Crippen molar-refractivity contribution < 1.29 is 9.48 Å². The van der Waals surface area contributed by atoms with Crippen molar-refractivity contribution in [3.63, 3.8) is 0 Å². The Morgan fingerprint density at radius 1 is 1.32 bits per heavy atom. The smallest absolute Gasteiger partial charge is 0.291 e. The molecule has 0 saturated heterocycles. The molecule has 6 nitrogen and oxygen atoms in total. The molecule has 0 fully saturated rings. The lowest BCUT2D eigenvalue weighted by atomic mass is 10.0. The summed E-state index contributed by atoms with van der Waals surface area (Å²) >= 11 is 2.89. The number of carbonyl (C=O) groups excluding carboxylic acids is 1. The number of fused-ring (bicyclic) bond motifs is 3. The molecule has 3 aromatic rings. The van der Waals surface area contributed by atoms with E-state index in [0.29, 0.717) is 16.4 Å². The minimum absolute atomic E-state index is 0.100. The third kappa shape index (κ3) is 2.49. The van der Waals surface area contributed by atoms with Gasteiger partial charge in [0, 0.05) is 12.0 Å². The number of aromatic amines is 1. The van der Waals surface area contributed by atoms with Crippen LogP contribution in [0.3, 0.4) is 0 Å². The van der Waals surface area contributed by atoms with Gasteiger partial charge in [-0.1, -0.05) is 30.0 Å². The molecule has 3 heterocycles. The van der Waals surface area contributed by atoms with Crippen molar-refractivity contribution in [1.82, 2.24) is 10.1 Å². The van der Waals surface area contributed by atoms with E-state index in [1.54, 1.807) is 9.58 Å². The van der Waals surface area contributed by atoms with Crippen molar-refractivity contribution in [3.05, 3.63) is 57.0 Å². The largest absolute Gasteiger partial charge is 0.325 e. The Hall–Kier alpha value is -2.45. The zero-order chi connectivity index (χ0) is 17.6. The number of carbonyl (C=O) groups is 1. The van der Waals surface area contributed by atoms with Crippen LogP contribution in [0.4, 0.5) is 5.69 Å². The van der Waals surface area contributed by atoms with E-state index in [9.17, 15) is 9.59 Å². The minimum atomic E-state index is -0.476. The molecule has 0 radical (unpaired) electrons. The van der Waals surface area contributed by atoms with Crippen molar-refractivity contribution in [2.45, 2.75) is 18.2 Å². The average molecular weight is 371 g/mol. The van der Waals surface area contributed by atoms with E-state index in [1.165, 1.54) is 30.0 Å². The number of benzene rings is 1. The third-order valence-electron chi connectivity index (χ3n) is 4.09. The van der Waals surface area contributed by atoms with E-state index < -0.39 is 6.17 Å². The summed E-state index contributed by atoms with van der Waals surface area (Å²) in [5, 5.41) is 7.07. The van der Waals surface area contributed by atoms with Gasteiger partial charge in [0.2, 0.25) is 11.1 Å². The summed E-state index contributed by atoms with van der Waals surface area (Å²) in [4.78, 5) is 30.7. The first-order valence-electron chi connectivity index (χ1n) is 7.64. The standard InChI is InChI=1S/C17H14N4O2S2/c1-10(22)20-12-7-4-3-6-11(12)14-15(23)18-17(24-2)19-21(14)16(20)13-8-5-9-25-13/h3-9,16H,1-2H3/p+1. The van der Waals surface area contributed by atoms with Gasteiger partial charge in [-0.25, -0.2) is 4.90 Å². The van der Waals surface area contributed by atoms with Crippen LogP contribution in [0.2, 0.25) is 0 Å². The zero-order valence-electron chi connectivity index (χ0n) is 13.6. The van der Waals surface area contributed by atoms with E-state index in [4.69, 9.17) is 0 Å². The first kappa shape index (κ1) is 16.0. The Kier molecular flexibility index (Phi) is 3.93. The molecule has 0 saturated carbocycles. The van der Waals surface area contributed by atoms with Crippen molar-refractivity contribution in [3.8, 4) is 11.3 Å². The number of hydrogen-bond donors (Lipinski definition) is 1. The van der Waals surface area contributed by atoms with Gasteiger partial charge in [0.15, 0.2) is 0 Å². The highest BCUT2D eigenvalue weighted by atomic mass is 32.2. The second kappa shape index (κ2) is 6.12. The number of amides is 1. The van der Waals surface area contributed by atoms with Gasteiger partial charge >= 0.3 is 17.4 Å². The van der Waals surface area contributed by atoms with Crippen LogP contribution in [0, 0.1) is 0 Å². The molecule has 1 amide bonds. The summed E-state index contributed by atoms with van der Waals surface area (Å²) in [5.41, 5.74) is 1.67. The fourth-order valence-electron chi connectivity index (χ4n) is 3.10. The summed E-state index contributed by atoms with van der Waals surface area (Å²) in [5.74, 6) is -0.100. The molecule has 126 valence electrons. The predicted octanol–water partition coefficient (Wildman–Crippen LogP) is 2.42. The maximum Gasteiger partial charge on any atom is 0.325 e. The second-order valence-electron chi connectivity index (χ2n) is 5.55. The van der Waals surface area contributed by atoms with Crippen LogP contribution < -0.4 is 15.1 Å². The Balaban J connectivity index is 2.11.